The number of aromatic nitrogens is 1. The lowest BCUT2D eigenvalue weighted by atomic mass is 10.2. The molecule has 27 heavy (non-hydrogen) atoms. The summed E-state index contributed by atoms with van der Waals surface area (Å²) < 4.78 is 15.8. The number of nitrogens with zero attached hydrogens (tertiary/aromatic N) is 4. The Bertz CT molecular complexity index is 642. The van der Waals surface area contributed by atoms with E-state index in [1.807, 2.05) is 4.90 Å². The summed E-state index contributed by atoms with van der Waals surface area (Å²) in [4.78, 5) is 34.9. The first-order valence-electron chi connectivity index (χ1n) is 9.18. The first-order chi connectivity index (χ1) is 13.2. The van der Waals surface area contributed by atoms with E-state index >= 15 is 0 Å². The Morgan fingerprint density at radius 2 is 1.70 bits per heavy atom. The Labute approximate surface area is 158 Å². The molecular formula is C18H26N4O5. The second kappa shape index (κ2) is 9.52. The van der Waals surface area contributed by atoms with Crippen molar-refractivity contribution >= 4 is 11.9 Å². The fourth-order valence-corrected chi connectivity index (χ4v) is 3.12. The van der Waals surface area contributed by atoms with E-state index < -0.39 is 0 Å². The van der Waals surface area contributed by atoms with Gasteiger partial charge in [0.15, 0.2) is 0 Å². The average molecular weight is 378 g/mol. The fraction of sp³-hybridized carbons (Fsp3) is 0.611. The zero-order valence-corrected chi connectivity index (χ0v) is 15.6. The molecule has 2 aliphatic heterocycles. The lowest BCUT2D eigenvalue weighted by molar-refractivity contribution is 0.0361. The molecule has 0 radical (unpaired) electrons. The van der Waals surface area contributed by atoms with E-state index in [0.717, 1.165) is 0 Å². The van der Waals surface area contributed by atoms with Crippen LogP contribution in [0.15, 0.2) is 18.3 Å². The van der Waals surface area contributed by atoms with Gasteiger partial charge in [0.1, 0.15) is 12.2 Å². The van der Waals surface area contributed by atoms with Crippen molar-refractivity contribution < 1.29 is 23.8 Å². The van der Waals surface area contributed by atoms with Gasteiger partial charge in [0.25, 0.3) is 5.91 Å². The first-order valence-corrected chi connectivity index (χ1v) is 9.18. The van der Waals surface area contributed by atoms with Crippen molar-refractivity contribution in [2.75, 3.05) is 72.8 Å². The van der Waals surface area contributed by atoms with Crippen LogP contribution in [0.1, 0.15) is 10.4 Å². The van der Waals surface area contributed by atoms with Gasteiger partial charge in [-0.2, -0.15) is 0 Å². The smallest absolute Gasteiger partial charge is 0.320 e. The largest absolute Gasteiger partial charge is 0.475 e. The Kier molecular flexibility index (Phi) is 6.83. The highest BCUT2D eigenvalue weighted by Gasteiger charge is 2.29. The van der Waals surface area contributed by atoms with Crippen LogP contribution < -0.4 is 4.74 Å². The second-order valence-electron chi connectivity index (χ2n) is 6.36. The lowest BCUT2D eigenvalue weighted by Crippen LogP contribution is -2.55. The van der Waals surface area contributed by atoms with Gasteiger partial charge in [-0.3, -0.25) is 4.79 Å². The molecule has 2 fully saturated rings. The molecule has 148 valence electrons. The Morgan fingerprint density at radius 3 is 2.41 bits per heavy atom. The van der Waals surface area contributed by atoms with Crippen LogP contribution in [0.2, 0.25) is 0 Å². The summed E-state index contributed by atoms with van der Waals surface area (Å²) in [5.41, 5.74) is 0.432. The van der Waals surface area contributed by atoms with Crippen molar-refractivity contribution in [1.29, 1.82) is 0 Å². The number of hydrogen-bond acceptors (Lipinski definition) is 6. The minimum atomic E-state index is -0.131. The Hall–Kier alpha value is -2.39. The van der Waals surface area contributed by atoms with Gasteiger partial charge < -0.3 is 28.9 Å². The highest BCUT2D eigenvalue weighted by atomic mass is 16.5. The van der Waals surface area contributed by atoms with E-state index in [1.165, 1.54) is 0 Å². The summed E-state index contributed by atoms with van der Waals surface area (Å²) in [6, 6.07) is 3.45. The highest BCUT2D eigenvalue weighted by Crippen LogP contribution is 2.18. The molecule has 0 saturated carbocycles. The fourth-order valence-electron chi connectivity index (χ4n) is 3.12. The van der Waals surface area contributed by atoms with Crippen molar-refractivity contribution in [3.63, 3.8) is 0 Å². The van der Waals surface area contributed by atoms with Crippen LogP contribution in [0, 0.1) is 0 Å². The number of methoxy groups -OCH3 is 1. The number of urea groups is 1. The molecule has 9 heteroatoms. The predicted octanol–water partition coefficient (Wildman–Crippen LogP) is 0.317. The molecule has 0 atom stereocenters. The van der Waals surface area contributed by atoms with Crippen LogP contribution in [-0.2, 0) is 9.47 Å². The number of morpholine rings is 1. The molecule has 0 spiro atoms. The van der Waals surface area contributed by atoms with Crippen molar-refractivity contribution in [2.45, 2.75) is 0 Å². The zero-order valence-electron chi connectivity index (χ0n) is 15.6. The molecule has 0 aliphatic carbocycles. The van der Waals surface area contributed by atoms with E-state index in [2.05, 4.69) is 4.98 Å². The summed E-state index contributed by atoms with van der Waals surface area (Å²) in [5, 5.41) is 0. The third-order valence-corrected chi connectivity index (χ3v) is 4.65. The van der Waals surface area contributed by atoms with E-state index in [4.69, 9.17) is 14.2 Å². The van der Waals surface area contributed by atoms with Crippen molar-refractivity contribution in [1.82, 2.24) is 19.7 Å². The standard InChI is InChI=1S/C18H26N4O5/c1-25-13-14-27-16-15(3-2-4-19-16)17(23)20-5-7-21(8-6-20)18(24)22-9-11-26-12-10-22/h2-4H,5-14H2,1H3. The molecule has 0 bridgehead atoms. The van der Waals surface area contributed by atoms with Crippen molar-refractivity contribution in [2.24, 2.45) is 0 Å². The molecule has 1 aromatic rings. The minimum absolute atomic E-state index is 0.0235. The van der Waals surface area contributed by atoms with Gasteiger partial charge in [-0.05, 0) is 12.1 Å². The maximum absolute atomic E-state index is 12.9. The summed E-state index contributed by atoms with van der Waals surface area (Å²) >= 11 is 0. The van der Waals surface area contributed by atoms with Crippen LogP contribution in [0.25, 0.3) is 0 Å². The zero-order chi connectivity index (χ0) is 19.1. The van der Waals surface area contributed by atoms with Crippen LogP contribution in [0.5, 0.6) is 5.88 Å². The molecule has 1 aromatic heterocycles. The van der Waals surface area contributed by atoms with Gasteiger partial charge >= 0.3 is 6.03 Å². The monoisotopic (exact) mass is 378 g/mol. The average Bonchev–Trinajstić information content (AvgIpc) is 2.74. The molecule has 0 N–H and O–H groups in total. The van der Waals surface area contributed by atoms with Gasteiger partial charge in [-0.25, -0.2) is 9.78 Å². The maximum Gasteiger partial charge on any atom is 0.320 e. The highest BCUT2D eigenvalue weighted by molar-refractivity contribution is 5.96. The first kappa shape index (κ1) is 19.4. The summed E-state index contributed by atoms with van der Waals surface area (Å²) in [7, 11) is 1.59. The predicted molar refractivity (Wildman–Crippen MR) is 96.9 cm³/mol. The number of carbonyl (C=O) groups excluding carboxylic acids is 2. The third kappa shape index (κ3) is 4.86. The molecule has 3 rings (SSSR count). The van der Waals surface area contributed by atoms with Gasteiger partial charge in [0.2, 0.25) is 5.88 Å². The van der Waals surface area contributed by atoms with Gasteiger partial charge in [-0.15, -0.1) is 0 Å². The number of piperazine rings is 1. The summed E-state index contributed by atoms with van der Waals surface area (Å²) in [6.45, 7) is 5.16. The number of carbonyl (C=O) groups is 2. The molecule has 9 nitrogen and oxygen atoms in total. The second-order valence-corrected chi connectivity index (χ2v) is 6.36. The maximum atomic E-state index is 12.9. The van der Waals surface area contributed by atoms with E-state index in [0.29, 0.717) is 77.1 Å². The number of hydrogen-bond donors (Lipinski definition) is 0. The summed E-state index contributed by atoms with van der Waals surface area (Å²) in [5.74, 6) is 0.181. The molecule has 0 unspecified atom stereocenters. The number of amides is 3. The van der Waals surface area contributed by atoms with Crippen molar-refractivity contribution in [3.05, 3.63) is 23.9 Å². The van der Waals surface area contributed by atoms with E-state index in [1.54, 1.807) is 35.2 Å². The van der Waals surface area contributed by atoms with Gasteiger partial charge in [0, 0.05) is 52.6 Å². The SMILES string of the molecule is COCCOc1ncccc1C(=O)N1CCN(C(=O)N2CCOCC2)CC1. The quantitative estimate of drug-likeness (QED) is 0.686. The van der Waals surface area contributed by atoms with Gasteiger partial charge in [0.05, 0.1) is 19.8 Å². The lowest BCUT2D eigenvalue weighted by Gasteiger charge is -2.38. The third-order valence-electron chi connectivity index (χ3n) is 4.65. The molecule has 2 saturated heterocycles. The van der Waals surface area contributed by atoms with Crippen LogP contribution >= 0.6 is 0 Å². The number of pyridine rings is 1. The van der Waals surface area contributed by atoms with Crippen LogP contribution in [0.4, 0.5) is 4.79 Å². The van der Waals surface area contributed by atoms with Gasteiger partial charge in [-0.1, -0.05) is 0 Å². The number of rotatable bonds is 5. The van der Waals surface area contributed by atoms with E-state index in [-0.39, 0.29) is 11.9 Å². The minimum Gasteiger partial charge on any atom is -0.475 e. The summed E-state index contributed by atoms with van der Waals surface area (Å²) in [6.07, 6.45) is 1.60. The molecule has 3 heterocycles. The Balaban J connectivity index is 1.56. The number of ether oxygens (including phenoxy) is 3. The normalized spacial score (nSPS) is 17.7. The topological polar surface area (TPSA) is 84.4 Å². The van der Waals surface area contributed by atoms with Crippen LogP contribution in [-0.4, -0.2) is 104 Å². The Morgan fingerprint density at radius 1 is 1.04 bits per heavy atom. The van der Waals surface area contributed by atoms with Crippen LogP contribution in [0.3, 0.4) is 0 Å². The molecular weight excluding hydrogens is 352 g/mol. The van der Waals surface area contributed by atoms with Crippen molar-refractivity contribution in [3.8, 4) is 5.88 Å². The molecule has 2 aliphatic rings. The molecule has 3 amide bonds. The van der Waals surface area contributed by atoms with E-state index in [9.17, 15) is 9.59 Å². The molecule has 0 aromatic carbocycles.